The highest BCUT2D eigenvalue weighted by Crippen LogP contribution is 2.27. The molecule has 0 aliphatic carbocycles. The molecule has 0 spiro atoms. The second-order valence-electron chi connectivity index (χ2n) is 4.51. The Kier molecular flexibility index (Phi) is 4.69. The monoisotopic (exact) mass is 305 g/mol. The molecule has 1 aliphatic heterocycles. The third-order valence-corrected chi connectivity index (χ3v) is 3.07. The van der Waals surface area contributed by atoms with Crippen LogP contribution in [0, 0.1) is 0 Å². The van der Waals surface area contributed by atoms with Gasteiger partial charge in [-0.25, -0.2) is 0 Å². The predicted molar refractivity (Wildman–Crippen MR) is 65.9 cm³/mol. The molecule has 0 amide bonds. The van der Waals surface area contributed by atoms with Crippen molar-refractivity contribution in [3.63, 3.8) is 0 Å². The number of carboxylic acids is 1. The van der Waals surface area contributed by atoms with Crippen molar-refractivity contribution < 1.29 is 32.5 Å². The Hall–Kier alpha value is -1.80. The van der Waals surface area contributed by atoms with Gasteiger partial charge >= 0.3 is 12.3 Å². The van der Waals surface area contributed by atoms with Crippen molar-refractivity contribution in [3.8, 4) is 5.75 Å². The van der Waals surface area contributed by atoms with Crippen LogP contribution in [0.4, 0.5) is 13.2 Å². The molecule has 1 fully saturated rings. The molecule has 0 saturated carbocycles. The van der Waals surface area contributed by atoms with E-state index in [1.807, 2.05) is 0 Å². The number of alkyl halides is 3. The first kappa shape index (κ1) is 15.6. The number of aliphatic carboxylic acids is 1. The van der Waals surface area contributed by atoms with Gasteiger partial charge in [0.15, 0.2) is 0 Å². The minimum atomic E-state index is -4.77. The molecule has 0 radical (unpaired) electrons. The fourth-order valence-corrected chi connectivity index (χ4v) is 2.20. The van der Waals surface area contributed by atoms with E-state index in [1.165, 1.54) is 12.1 Å². The van der Waals surface area contributed by atoms with Crippen molar-refractivity contribution >= 4 is 5.97 Å². The third-order valence-electron chi connectivity index (χ3n) is 3.07. The lowest BCUT2D eigenvalue weighted by molar-refractivity contribution is -0.274. The quantitative estimate of drug-likeness (QED) is 0.922. The minimum Gasteiger partial charge on any atom is -0.480 e. The molecule has 2 rings (SSSR count). The molecule has 1 heterocycles. The van der Waals surface area contributed by atoms with Gasteiger partial charge in [-0.05, 0) is 17.7 Å². The van der Waals surface area contributed by atoms with E-state index in [2.05, 4.69) is 4.74 Å². The van der Waals surface area contributed by atoms with Gasteiger partial charge in [0.25, 0.3) is 0 Å². The summed E-state index contributed by atoms with van der Waals surface area (Å²) in [5.41, 5.74) is 0.402. The number of morpholine rings is 1. The van der Waals surface area contributed by atoms with Gasteiger partial charge in [0.2, 0.25) is 0 Å². The van der Waals surface area contributed by atoms with Gasteiger partial charge in [-0.15, -0.1) is 13.2 Å². The Morgan fingerprint density at radius 2 is 1.81 bits per heavy atom. The fraction of sp³-hybridized carbons (Fsp3) is 0.462. The number of nitrogens with zero attached hydrogens (tertiary/aromatic N) is 1. The molecule has 1 aliphatic rings. The molecular weight excluding hydrogens is 291 g/mol. The van der Waals surface area contributed by atoms with Crippen molar-refractivity contribution in [1.82, 2.24) is 4.90 Å². The Balaban J connectivity index is 2.15. The standard InChI is InChI=1S/C13H14F3NO4/c14-13(15,16)21-10-3-1-9(2-4-10)11(12(18)19)17-5-7-20-8-6-17/h1-4,11H,5-8H2,(H,18,19)/t11-/m0/s1. The van der Waals surface area contributed by atoms with E-state index in [0.717, 1.165) is 12.1 Å². The van der Waals surface area contributed by atoms with Crippen LogP contribution in [0.1, 0.15) is 11.6 Å². The normalized spacial score (nSPS) is 18.2. The molecule has 0 aromatic heterocycles. The molecule has 21 heavy (non-hydrogen) atoms. The maximum absolute atomic E-state index is 12.1. The zero-order valence-corrected chi connectivity index (χ0v) is 11.0. The van der Waals surface area contributed by atoms with Crippen LogP contribution in [0.5, 0.6) is 5.75 Å². The lowest BCUT2D eigenvalue weighted by Gasteiger charge is -2.32. The largest absolute Gasteiger partial charge is 0.573 e. The van der Waals surface area contributed by atoms with Crippen LogP contribution in [0.25, 0.3) is 0 Å². The molecule has 1 aromatic carbocycles. The summed E-state index contributed by atoms with van der Waals surface area (Å²) in [5, 5.41) is 9.34. The van der Waals surface area contributed by atoms with Crippen LogP contribution in [0.15, 0.2) is 24.3 Å². The van der Waals surface area contributed by atoms with E-state index in [-0.39, 0.29) is 5.75 Å². The second kappa shape index (κ2) is 6.31. The first-order valence-corrected chi connectivity index (χ1v) is 6.27. The van der Waals surface area contributed by atoms with Crippen molar-refractivity contribution in [1.29, 1.82) is 0 Å². The topological polar surface area (TPSA) is 59.0 Å². The van der Waals surface area contributed by atoms with Crippen LogP contribution in [-0.2, 0) is 9.53 Å². The molecule has 8 heteroatoms. The van der Waals surface area contributed by atoms with Gasteiger partial charge < -0.3 is 14.6 Å². The lowest BCUT2D eigenvalue weighted by atomic mass is 10.0. The summed E-state index contributed by atoms with van der Waals surface area (Å²) in [5.74, 6) is -1.43. The first-order chi connectivity index (χ1) is 9.87. The zero-order chi connectivity index (χ0) is 15.5. The van der Waals surface area contributed by atoms with E-state index < -0.39 is 18.4 Å². The summed E-state index contributed by atoms with van der Waals surface area (Å²) in [4.78, 5) is 13.1. The number of ether oxygens (including phenoxy) is 2. The van der Waals surface area contributed by atoms with Crippen LogP contribution in [0.3, 0.4) is 0 Å². The number of hydrogen-bond acceptors (Lipinski definition) is 4. The van der Waals surface area contributed by atoms with E-state index in [4.69, 9.17) is 4.74 Å². The summed E-state index contributed by atoms with van der Waals surface area (Å²) in [6.07, 6.45) is -4.77. The van der Waals surface area contributed by atoms with Gasteiger partial charge in [0.05, 0.1) is 13.2 Å². The molecule has 1 saturated heterocycles. The second-order valence-corrected chi connectivity index (χ2v) is 4.51. The Labute approximate surface area is 118 Å². The van der Waals surface area contributed by atoms with Crippen molar-refractivity contribution in [2.45, 2.75) is 12.4 Å². The summed E-state index contributed by atoms with van der Waals surface area (Å²) < 4.78 is 45.2. The number of rotatable bonds is 4. The maximum atomic E-state index is 12.1. The number of halogens is 3. The maximum Gasteiger partial charge on any atom is 0.573 e. The first-order valence-electron chi connectivity index (χ1n) is 6.27. The Morgan fingerprint density at radius 3 is 2.29 bits per heavy atom. The van der Waals surface area contributed by atoms with Gasteiger partial charge in [-0.3, -0.25) is 9.69 Å². The Bertz CT molecular complexity index is 483. The van der Waals surface area contributed by atoms with Crippen molar-refractivity contribution in [3.05, 3.63) is 29.8 Å². The summed E-state index contributed by atoms with van der Waals surface area (Å²) in [6, 6.07) is 3.97. The molecule has 1 atom stereocenters. The van der Waals surface area contributed by atoms with E-state index >= 15 is 0 Å². The average Bonchev–Trinajstić information content (AvgIpc) is 2.40. The minimum absolute atomic E-state index is 0.377. The zero-order valence-electron chi connectivity index (χ0n) is 11.0. The summed E-state index contributed by atoms with van der Waals surface area (Å²) in [7, 11) is 0. The van der Waals surface area contributed by atoms with Crippen LogP contribution < -0.4 is 4.74 Å². The van der Waals surface area contributed by atoms with Gasteiger partial charge in [-0.1, -0.05) is 12.1 Å². The van der Waals surface area contributed by atoms with E-state index in [1.54, 1.807) is 4.90 Å². The molecule has 1 aromatic rings. The predicted octanol–water partition coefficient (Wildman–Crippen LogP) is 2.04. The molecule has 116 valence electrons. The number of carbonyl (C=O) groups is 1. The van der Waals surface area contributed by atoms with Crippen LogP contribution >= 0.6 is 0 Å². The van der Waals surface area contributed by atoms with Crippen molar-refractivity contribution in [2.24, 2.45) is 0 Å². The highest BCUT2D eigenvalue weighted by atomic mass is 19.4. The summed E-state index contributed by atoms with van der Waals surface area (Å²) in [6.45, 7) is 1.77. The summed E-state index contributed by atoms with van der Waals surface area (Å²) >= 11 is 0. The highest BCUT2D eigenvalue weighted by molar-refractivity contribution is 5.75. The molecular formula is C13H14F3NO4. The van der Waals surface area contributed by atoms with Crippen LogP contribution in [0.2, 0.25) is 0 Å². The Morgan fingerprint density at radius 1 is 1.24 bits per heavy atom. The van der Waals surface area contributed by atoms with E-state index in [0.29, 0.717) is 31.9 Å². The van der Waals surface area contributed by atoms with Crippen LogP contribution in [-0.4, -0.2) is 48.6 Å². The number of hydrogen-bond donors (Lipinski definition) is 1. The smallest absolute Gasteiger partial charge is 0.480 e. The molecule has 0 unspecified atom stereocenters. The highest BCUT2D eigenvalue weighted by Gasteiger charge is 2.32. The van der Waals surface area contributed by atoms with Crippen molar-refractivity contribution in [2.75, 3.05) is 26.3 Å². The van der Waals surface area contributed by atoms with E-state index in [9.17, 15) is 23.1 Å². The number of benzene rings is 1. The lowest BCUT2D eigenvalue weighted by Crippen LogP contribution is -2.42. The SMILES string of the molecule is O=C(O)[C@H](c1ccc(OC(F)(F)F)cc1)N1CCOCC1. The fourth-order valence-electron chi connectivity index (χ4n) is 2.20. The van der Waals surface area contributed by atoms with Gasteiger partial charge in [0.1, 0.15) is 11.8 Å². The van der Waals surface area contributed by atoms with Gasteiger partial charge in [-0.2, -0.15) is 0 Å². The molecule has 1 N–H and O–H groups in total. The molecule has 5 nitrogen and oxygen atoms in total. The molecule has 0 bridgehead atoms. The third kappa shape index (κ3) is 4.33. The average molecular weight is 305 g/mol. The number of carboxylic acid groups (broad SMARTS) is 1. The van der Waals surface area contributed by atoms with Gasteiger partial charge in [0, 0.05) is 13.1 Å².